The van der Waals surface area contributed by atoms with Gasteiger partial charge in [0.05, 0.1) is 5.75 Å². The molecule has 2 aromatic heterocycles. The van der Waals surface area contributed by atoms with E-state index in [-0.39, 0.29) is 17.2 Å². The quantitative estimate of drug-likeness (QED) is 0.728. The average Bonchev–Trinajstić information content (AvgIpc) is 3.16. The molecule has 0 aliphatic carbocycles. The van der Waals surface area contributed by atoms with E-state index in [2.05, 4.69) is 21.2 Å². The van der Waals surface area contributed by atoms with E-state index >= 15 is 0 Å². The van der Waals surface area contributed by atoms with Crippen LogP contribution in [0.25, 0.3) is 5.78 Å². The summed E-state index contributed by atoms with van der Waals surface area (Å²) in [7, 11) is 0. The Morgan fingerprint density at radius 3 is 3.04 bits per heavy atom. The summed E-state index contributed by atoms with van der Waals surface area (Å²) in [4.78, 5) is 28.1. The van der Waals surface area contributed by atoms with Crippen LogP contribution in [0.15, 0.2) is 46.5 Å². The summed E-state index contributed by atoms with van der Waals surface area (Å²) in [5.74, 6) is 0.689. The molecule has 7 nitrogen and oxygen atoms in total. The fourth-order valence-corrected chi connectivity index (χ4v) is 3.48. The highest BCUT2D eigenvalue weighted by Crippen LogP contribution is 2.28. The second kappa shape index (κ2) is 5.54. The monoisotopic (exact) mass is 327 g/mol. The lowest BCUT2D eigenvalue weighted by atomic mass is 10.2. The maximum absolute atomic E-state index is 12.5. The lowest BCUT2D eigenvalue weighted by Crippen LogP contribution is -2.30. The van der Waals surface area contributed by atoms with Gasteiger partial charge in [0, 0.05) is 24.5 Å². The molecule has 23 heavy (non-hydrogen) atoms. The van der Waals surface area contributed by atoms with Crippen molar-refractivity contribution in [1.82, 2.24) is 19.6 Å². The fraction of sp³-hybridized carbons (Fsp3) is 0.200. The summed E-state index contributed by atoms with van der Waals surface area (Å²) in [5, 5.41) is 8.50. The standard InChI is InChI=1S/C15H13N5O2S/c21-12-6-8-20-14(16-12)17-18-15(20)23-9-13(22)19-7-5-10-3-1-2-4-11(10)19/h1-4,6,8H,5,7,9H2,(H,16,17,21). The van der Waals surface area contributed by atoms with Gasteiger partial charge >= 0.3 is 0 Å². The number of anilines is 1. The van der Waals surface area contributed by atoms with E-state index in [1.165, 1.54) is 23.4 Å². The van der Waals surface area contributed by atoms with Crippen molar-refractivity contribution in [3.8, 4) is 0 Å². The Bertz CT molecular complexity index is 948. The van der Waals surface area contributed by atoms with Crippen LogP contribution in [0.2, 0.25) is 0 Å². The van der Waals surface area contributed by atoms with Crippen LogP contribution in [0.3, 0.4) is 0 Å². The number of para-hydroxylation sites is 1. The molecule has 0 fully saturated rings. The molecule has 0 spiro atoms. The molecule has 1 amide bonds. The summed E-state index contributed by atoms with van der Waals surface area (Å²) in [6, 6.07) is 9.36. The van der Waals surface area contributed by atoms with Crippen LogP contribution >= 0.6 is 11.8 Å². The van der Waals surface area contributed by atoms with Crippen molar-refractivity contribution in [1.29, 1.82) is 0 Å². The fourth-order valence-electron chi connectivity index (χ4n) is 2.69. The van der Waals surface area contributed by atoms with Crippen LogP contribution in [0, 0.1) is 0 Å². The largest absolute Gasteiger partial charge is 0.311 e. The molecule has 0 radical (unpaired) electrons. The minimum absolute atomic E-state index is 0.0427. The zero-order valence-electron chi connectivity index (χ0n) is 12.1. The minimum atomic E-state index is -0.230. The average molecular weight is 327 g/mol. The Morgan fingerprint density at radius 1 is 1.26 bits per heavy atom. The van der Waals surface area contributed by atoms with E-state index in [1.807, 2.05) is 23.1 Å². The number of rotatable bonds is 3. The number of thioether (sulfide) groups is 1. The second-order valence-electron chi connectivity index (χ2n) is 5.19. The number of benzene rings is 1. The zero-order valence-corrected chi connectivity index (χ0v) is 12.9. The van der Waals surface area contributed by atoms with Crippen molar-refractivity contribution in [3.05, 3.63) is 52.4 Å². The van der Waals surface area contributed by atoms with Gasteiger partial charge in [-0.3, -0.25) is 19.0 Å². The number of aromatic amines is 1. The number of amides is 1. The molecule has 0 unspecified atom stereocenters. The van der Waals surface area contributed by atoms with Gasteiger partial charge in [0.2, 0.25) is 11.7 Å². The van der Waals surface area contributed by atoms with E-state index in [4.69, 9.17) is 0 Å². The van der Waals surface area contributed by atoms with Gasteiger partial charge in [-0.2, -0.15) is 0 Å². The number of nitrogens with zero attached hydrogens (tertiary/aromatic N) is 4. The Labute approximate surface area is 135 Å². The Kier molecular flexibility index (Phi) is 3.38. The topological polar surface area (TPSA) is 83.4 Å². The van der Waals surface area contributed by atoms with Crippen LogP contribution in [-0.4, -0.2) is 37.8 Å². The molecule has 116 valence electrons. The summed E-state index contributed by atoms with van der Waals surface area (Å²) in [6.07, 6.45) is 2.49. The number of fused-ring (bicyclic) bond motifs is 2. The third-order valence-electron chi connectivity index (χ3n) is 3.79. The molecule has 3 aromatic rings. The first kappa shape index (κ1) is 14.0. The number of hydrogen-bond donors (Lipinski definition) is 1. The van der Waals surface area contributed by atoms with Gasteiger partial charge in [-0.1, -0.05) is 30.0 Å². The highest BCUT2D eigenvalue weighted by Gasteiger charge is 2.24. The lowest BCUT2D eigenvalue weighted by Gasteiger charge is -2.16. The maximum atomic E-state index is 12.5. The minimum Gasteiger partial charge on any atom is -0.311 e. The molecule has 0 saturated carbocycles. The van der Waals surface area contributed by atoms with Crippen molar-refractivity contribution >= 4 is 29.1 Å². The molecule has 0 atom stereocenters. The predicted molar refractivity (Wildman–Crippen MR) is 86.8 cm³/mol. The van der Waals surface area contributed by atoms with Gasteiger partial charge in [-0.05, 0) is 18.1 Å². The predicted octanol–water partition coefficient (Wildman–Crippen LogP) is 1.10. The number of nitrogens with one attached hydrogen (secondary N) is 1. The summed E-state index contributed by atoms with van der Waals surface area (Å²) >= 11 is 1.31. The van der Waals surface area contributed by atoms with E-state index in [9.17, 15) is 9.59 Å². The molecule has 0 saturated heterocycles. The normalized spacial score (nSPS) is 13.5. The highest BCUT2D eigenvalue weighted by atomic mass is 32.2. The van der Waals surface area contributed by atoms with Gasteiger partial charge < -0.3 is 4.90 Å². The van der Waals surface area contributed by atoms with Crippen LogP contribution in [0.4, 0.5) is 5.69 Å². The first-order valence-electron chi connectivity index (χ1n) is 7.17. The van der Waals surface area contributed by atoms with Crippen molar-refractivity contribution in [2.24, 2.45) is 0 Å². The lowest BCUT2D eigenvalue weighted by molar-refractivity contribution is -0.116. The first-order valence-corrected chi connectivity index (χ1v) is 8.16. The number of H-pyrrole nitrogens is 1. The zero-order chi connectivity index (χ0) is 15.8. The van der Waals surface area contributed by atoms with E-state index in [0.717, 1.165) is 12.1 Å². The second-order valence-corrected chi connectivity index (χ2v) is 6.14. The smallest absolute Gasteiger partial charge is 0.252 e. The summed E-state index contributed by atoms with van der Waals surface area (Å²) in [6.45, 7) is 0.715. The summed E-state index contributed by atoms with van der Waals surface area (Å²) in [5.41, 5.74) is 1.97. The highest BCUT2D eigenvalue weighted by molar-refractivity contribution is 7.99. The van der Waals surface area contributed by atoms with Crippen LogP contribution in [0.1, 0.15) is 5.56 Å². The molecule has 1 aliphatic heterocycles. The molecular formula is C15H13N5O2S. The van der Waals surface area contributed by atoms with Gasteiger partial charge in [-0.15, -0.1) is 10.2 Å². The van der Waals surface area contributed by atoms with Gasteiger partial charge in [0.25, 0.3) is 5.56 Å². The van der Waals surface area contributed by atoms with Crippen LogP contribution < -0.4 is 10.5 Å². The maximum Gasteiger partial charge on any atom is 0.252 e. The van der Waals surface area contributed by atoms with Gasteiger partial charge in [0.15, 0.2) is 5.16 Å². The Morgan fingerprint density at radius 2 is 2.13 bits per heavy atom. The van der Waals surface area contributed by atoms with E-state index in [0.29, 0.717) is 17.5 Å². The van der Waals surface area contributed by atoms with Crippen molar-refractivity contribution < 1.29 is 4.79 Å². The van der Waals surface area contributed by atoms with Crippen molar-refractivity contribution in [2.75, 3.05) is 17.2 Å². The molecular weight excluding hydrogens is 314 g/mol. The third kappa shape index (κ3) is 2.50. The molecule has 1 N–H and O–H groups in total. The van der Waals surface area contributed by atoms with Gasteiger partial charge in [-0.25, -0.2) is 0 Å². The van der Waals surface area contributed by atoms with E-state index < -0.39 is 0 Å². The number of hydrogen-bond acceptors (Lipinski definition) is 5. The van der Waals surface area contributed by atoms with E-state index in [1.54, 1.807) is 10.6 Å². The molecule has 8 heteroatoms. The van der Waals surface area contributed by atoms with Crippen molar-refractivity contribution in [2.45, 2.75) is 11.6 Å². The summed E-state index contributed by atoms with van der Waals surface area (Å²) < 4.78 is 1.66. The van der Waals surface area contributed by atoms with Crippen molar-refractivity contribution in [3.63, 3.8) is 0 Å². The molecule has 1 aromatic carbocycles. The molecule has 0 bridgehead atoms. The Balaban J connectivity index is 1.51. The third-order valence-corrected chi connectivity index (χ3v) is 4.72. The van der Waals surface area contributed by atoms with Crippen LogP contribution in [-0.2, 0) is 11.2 Å². The van der Waals surface area contributed by atoms with Crippen LogP contribution in [0.5, 0.6) is 0 Å². The first-order chi connectivity index (χ1) is 11.2. The molecule has 3 heterocycles. The number of carbonyl (C=O) groups excluding carboxylic acids is 1. The van der Waals surface area contributed by atoms with Gasteiger partial charge in [0.1, 0.15) is 0 Å². The number of aromatic nitrogens is 4. The molecule has 1 aliphatic rings. The Hall–Kier alpha value is -2.61. The SMILES string of the molecule is O=C(CSc1nnc2[nH]c(=O)ccn12)N1CCc2ccccc21. The molecule has 4 rings (SSSR count). The number of carbonyl (C=O) groups is 1.